The Morgan fingerprint density at radius 3 is 2.71 bits per heavy atom. The lowest BCUT2D eigenvalue weighted by Crippen LogP contribution is -2.35. The van der Waals surface area contributed by atoms with Gasteiger partial charge in [-0.25, -0.2) is 4.98 Å². The molecule has 1 aromatic carbocycles. The summed E-state index contributed by atoms with van der Waals surface area (Å²) < 4.78 is 5.23. The Morgan fingerprint density at radius 2 is 1.96 bits per heavy atom. The molecule has 1 fully saturated rings. The van der Waals surface area contributed by atoms with Gasteiger partial charge in [0.1, 0.15) is 11.6 Å². The molecule has 3 heterocycles. The molecule has 1 aliphatic heterocycles. The highest BCUT2D eigenvalue weighted by atomic mass is 16.5. The SMILES string of the molecule is COc1ccc(CN2CCCC(c3nc(-c4ccncc4)cc(=O)[nH]3)C2)cc1. The fourth-order valence-electron chi connectivity index (χ4n) is 3.75. The number of rotatable bonds is 5. The average molecular weight is 376 g/mol. The van der Waals surface area contributed by atoms with Gasteiger partial charge in [-0.05, 0) is 49.2 Å². The Hall–Kier alpha value is -2.99. The zero-order valence-electron chi connectivity index (χ0n) is 16.0. The Balaban J connectivity index is 1.51. The summed E-state index contributed by atoms with van der Waals surface area (Å²) in [5.74, 6) is 1.87. The van der Waals surface area contributed by atoms with Crippen LogP contribution in [0.2, 0.25) is 0 Å². The fraction of sp³-hybridized carbons (Fsp3) is 0.318. The lowest BCUT2D eigenvalue weighted by molar-refractivity contribution is 0.196. The number of aromatic nitrogens is 3. The van der Waals surface area contributed by atoms with E-state index < -0.39 is 0 Å². The van der Waals surface area contributed by atoms with Gasteiger partial charge >= 0.3 is 0 Å². The number of piperidine rings is 1. The van der Waals surface area contributed by atoms with Gasteiger partial charge in [0.15, 0.2) is 0 Å². The molecule has 0 radical (unpaired) electrons. The molecule has 144 valence electrons. The highest BCUT2D eigenvalue weighted by molar-refractivity contribution is 5.57. The van der Waals surface area contributed by atoms with Gasteiger partial charge in [-0.1, -0.05) is 12.1 Å². The highest BCUT2D eigenvalue weighted by Gasteiger charge is 2.23. The number of nitrogens with zero attached hydrogens (tertiary/aromatic N) is 3. The minimum Gasteiger partial charge on any atom is -0.497 e. The van der Waals surface area contributed by atoms with E-state index in [2.05, 4.69) is 27.0 Å². The van der Waals surface area contributed by atoms with E-state index in [1.165, 1.54) is 5.56 Å². The van der Waals surface area contributed by atoms with Crippen molar-refractivity contribution < 1.29 is 4.74 Å². The first-order valence-electron chi connectivity index (χ1n) is 9.58. The maximum absolute atomic E-state index is 12.2. The minimum absolute atomic E-state index is 0.107. The topological polar surface area (TPSA) is 71.1 Å². The second kappa shape index (κ2) is 8.35. The van der Waals surface area contributed by atoms with Crippen LogP contribution in [-0.4, -0.2) is 40.1 Å². The molecule has 1 saturated heterocycles. The molecule has 0 aliphatic carbocycles. The molecule has 1 atom stereocenters. The van der Waals surface area contributed by atoms with Crippen molar-refractivity contribution in [3.8, 4) is 17.0 Å². The van der Waals surface area contributed by atoms with Crippen molar-refractivity contribution >= 4 is 0 Å². The van der Waals surface area contributed by atoms with Crippen LogP contribution in [0.1, 0.15) is 30.1 Å². The van der Waals surface area contributed by atoms with Crippen molar-refractivity contribution in [2.75, 3.05) is 20.2 Å². The van der Waals surface area contributed by atoms with Crippen molar-refractivity contribution in [2.24, 2.45) is 0 Å². The predicted octanol–water partition coefficient (Wildman–Crippen LogP) is 3.22. The number of H-pyrrole nitrogens is 1. The number of nitrogens with one attached hydrogen (secondary N) is 1. The van der Waals surface area contributed by atoms with E-state index in [0.29, 0.717) is 5.69 Å². The second-order valence-corrected chi connectivity index (χ2v) is 7.17. The van der Waals surface area contributed by atoms with Gasteiger partial charge in [-0.2, -0.15) is 0 Å². The van der Waals surface area contributed by atoms with Crippen LogP contribution in [0.15, 0.2) is 59.7 Å². The third-order valence-electron chi connectivity index (χ3n) is 5.19. The third-order valence-corrected chi connectivity index (χ3v) is 5.19. The summed E-state index contributed by atoms with van der Waals surface area (Å²) in [6.07, 6.45) is 5.55. The molecule has 3 aromatic rings. The molecular weight excluding hydrogens is 352 g/mol. The summed E-state index contributed by atoms with van der Waals surface area (Å²) in [5, 5.41) is 0. The largest absolute Gasteiger partial charge is 0.497 e. The number of benzene rings is 1. The molecule has 1 unspecified atom stereocenters. The molecule has 0 amide bonds. The van der Waals surface area contributed by atoms with E-state index in [1.807, 2.05) is 24.3 Å². The summed E-state index contributed by atoms with van der Waals surface area (Å²) in [6, 6.07) is 13.5. The van der Waals surface area contributed by atoms with E-state index in [9.17, 15) is 4.79 Å². The first-order chi connectivity index (χ1) is 13.7. The van der Waals surface area contributed by atoms with Gasteiger partial charge in [0.25, 0.3) is 5.56 Å². The Labute approximate surface area is 164 Å². The van der Waals surface area contributed by atoms with Crippen LogP contribution in [0.3, 0.4) is 0 Å². The molecule has 0 bridgehead atoms. The first-order valence-corrected chi connectivity index (χ1v) is 9.58. The Kier molecular flexibility index (Phi) is 5.48. The maximum Gasteiger partial charge on any atom is 0.251 e. The fourth-order valence-corrected chi connectivity index (χ4v) is 3.75. The summed E-state index contributed by atoms with van der Waals surface area (Å²) in [4.78, 5) is 26.4. The Morgan fingerprint density at radius 1 is 1.18 bits per heavy atom. The summed E-state index contributed by atoms with van der Waals surface area (Å²) in [7, 11) is 1.68. The van der Waals surface area contributed by atoms with Crippen molar-refractivity contribution in [1.82, 2.24) is 19.9 Å². The molecule has 1 aliphatic rings. The van der Waals surface area contributed by atoms with Crippen molar-refractivity contribution in [1.29, 1.82) is 0 Å². The van der Waals surface area contributed by atoms with Crippen molar-refractivity contribution in [2.45, 2.75) is 25.3 Å². The molecule has 6 heteroatoms. The molecular formula is C22H24N4O2. The molecule has 0 spiro atoms. The Bertz CT molecular complexity index is 970. The smallest absolute Gasteiger partial charge is 0.251 e. The van der Waals surface area contributed by atoms with Gasteiger partial charge in [0.2, 0.25) is 0 Å². The molecule has 0 saturated carbocycles. The van der Waals surface area contributed by atoms with Crippen LogP contribution in [-0.2, 0) is 6.54 Å². The van der Waals surface area contributed by atoms with E-state index in [4.69, 9.17) is 9.72 Å². The van der Waals surface area contributed by atoms with Crippen LogP contribution in [0.4, 0.5) is 0 Å². The standard InChI is InChI=1S/C22H24N4O2/c1-28-19-6-4-16(5-7-19)14-26-12-2-3-18(15-26)22-24-20(13-21(27)25-22)17-8-10-23-11-9-17/h4-11,13,18H,2-3,12,14-15H2,1H3,(H,24,25,27). The minimum atomic E-state index is -0.107. The van der Waals surface area contributed by atoms with Crippen LogP contribution in [0.5, 0.6) is 5.75 Å². The van der Waals surface area contributed by atoms with Crippen molar-refractivity contribution in [3.05, 3.63) is 76.6 Å². The van der Waals surface area contributed by atoms with Crippen LogP contribution < -0.4 is 10.3 Å². The molecule has 4 rings (SSSR count). The number of hydrogen-bond acceptors (Lipinski definition) is 5. The average Bonchev–Trinajstić information content (AvgIpc) is 2.75. The zero-order chi connectivity index (χ0) is 19.3. The normalized spacial score (nSPS) is 17.4. The lowest BCUT2D eigenvalue weighted by Gasteiger charge is -2.32. The number of pyridine rings is 1. The molecule has 28 heavy (non-hydrogen) atoms. The lowest BCUT2D eigenvalue weighted by atomic mass is 9.96. The zero-order valence-corrected chi connectivity index (χ0v) is 16.0. The van der Waals surface area contributed by atoms with Crippen LogP contribution in [0, 0.1) is 0 Å². The molecule has 2 aromatic heterocycles. The molecule has 6 nitrogen and oxygen atoms in total. The monoisotopic (exact) mass is 376 g/mol. The quantitative estimate of drug-likeness (QED) is 0.740. The van der Waals surface area contributed by atoms with Crippen LogP contribution >= 0.6 is 0 Å². The summed E-state index contributed by atoms with van der Waals surface area (Å²) in [5.41, 5.74) is 2.76. The first kappa shape index (κ1) is 18.4. The highest BCUT2D eigenvalue weighted by Crippen LogP contribution is 2.26. The van der Waals surface area contributed by atoms with E-state index in [0.717, 1.165) is 49.6 Å². The second-order valence-electron chi connectivity index (χ2n) is 7.17. The van der Waals surface area contributed by atoms with Crippen LogP contribution in [0.25, 0.3) is 11.3 Å². The predicted molar refractivity (Wildman–Crippen MR) is 108 cm³/mol. The number of ether oxygens (including phenoxy) is 1. The van der Waals surface area contributed by atoms with E-state index in [1.54, 1.807) is 25.6 Å². The maximum atomic E-state index is 12.2. The van der Waals surface area contributed by atoms with Gasteiger partial charge < -0.3 is 9.72 Å². The summed E-state index contributed by atoms with van der Waals surface area (Å²) in [6.45, 7) is 2.82. The number of aromatic amines is 1. The number of methoxy groups -OCH3 is 1. The van der Waals surface area contributed by atoms with E-state index in [-0.39, 0.29) is 11.5 Å². The van der Waals surface area contributed by atoms with Gasteiger partial charge in [-0.15, -0.1) is 0 Å². The summed E-state index contributed by atoms with van der Waals surface area (Å²) >= 11 is 0. The number of hydrogen-bond donors (Lipinski definition) is 1. The third kappa shape index (κ3) is 4.28. The number of likely N-dealkylation sites (tertiary alicyclic amines) is 1. The van der Waals surface area contributed by atoms with E-state index >= 15 is 0 Å². The van der Waals surface area contributed by atoms with Gasteiger partial charge in [0.05, 0.1) is 12.8 Å². The molecule has 1 N–H and O–H groups in total. The van der Waals surface area contributed by atoms with Crippen molar-refractivity contribution in [3.63, 3.8) is 0 Å². The van der Waals surface area contributed by atoms with Gasteiger partial charge in [-0.3, -0.25) is 14.7 Å². The van der Waals surface area contributed by atoms with Gasteiger partial charge in [0, 0.05) is 43.0 Å².